The van der Waals surface area contributed by atoms with Crippen molar-refractivity contribution in [2.24, 2.45) is 0 Å². The first-order valence-electron chi connectivity index (χ1n) is 9.29. The van der Waals surface area contributed by atoms with Crippen molar-refractivity contribution in [2.75, 3.05) is 13.2 Å². The predicted octanol–water partition coefficient (Wildman–Crippen LogP) is 3.43. The molecule has 28 heavy (non-hydrogen) atoms. The molecule has 2 aromatic rings. The van der Waals surface area contributed by atoms with E-state index in [-0.39, 0.29) is 36.6 Å². The third-order valence-electron chi connectivity index (χ3n) is 4.85. The summed E-state index contributed by atoms with van der Waals surface area (Å²) in [6.45, 7) is 5.26. The Labute approximate surface area is 162 Å². The molecule has 1 aromatic carbocycles. The van der Waals surface area contributed by atoms with Crippen molar-refractivity contribution in [3.63, 3.8) is 0 Å². The van der Waals surface area contributed by atoms with E-state index in [0.29, 0.717) is 22.4 Å². The van der Waals surface area contributed by atoms with Crippen LogP contribution in [0, 0.1) is 19.7 Å². The van der Waals surface area contributed by atoms with Crippen LogP contribution in [0.25, 0.3) is 0 Å². The maximum absolute atomic E-state index is 13.1. The van der Waals surface area contributed by atoms with Gasteiger partial charge in [0.2, 0.25) is 0 Å². The van der Waals surface area contributed by atoms with Crippen molar-refractivity contribution in [2.45, 2.75) is 39.7 Å². The Morgan fingerprint density at radius 1 is 1.18 bits per heavy atom. The van der Waals surface area contributed by atoms with Crippen LogP contribution in [-0.4, -0.2) is 46.7 Å². The number of Topliss-reactive ketones (excluding diaryl/α,β-unsaturated/α-hetero) is 1. The van der Waals surface area contributed by atoms with Gasteiger partial charge >= 0.3 is 5.97 Å². The lowest BCUT2D eigenvalue weighted by Gasteiger charge is -2.22. The number of aromatic amines is 1. The molecule has 1 aliphatic rings. The third kappa shape index (κ3) is 3.98. The van der Waals surface area contributed by atoms with Crippen molar-refractivity contribution < 1.29 is 23.5 Å². The summed E-state index contributed by atoms with van der Waals surface area (Å²) in [6, 6.07) is 5.30. The Bertz CT molecular complexity index is 913. The van der Waals surface area contributed by atoms with Crippen LogP contribution in [0.5, 0.6) is 0 Å². The fourth-order valence-corrected chi connectivity index (χ4v) is 3.32. The predicted molar refractivity (Wildman–Crippen MR) is 101 cm³/mol. The molecule has 0 radical (unpaired) electrons. The number of ether oxygens (including phenoxy) is 1. The largest absolute Gasteiger partial charge is 0.461 e. The highest BCUT2D eigenvalue weighted by atomic mass is 19.1. The minimum atomic E-state index is -0.511. The van der Waals surface area contributed by atoms with Crippen LogP contribution in [0.3, 0.4) is 0 Å². The maximum atomic E-state index is 13.1. The number of hydrogen-bond donors (Lipinski definition) is 1. The van der Waals surface area contributed by atoms with Gasteiger partial charge in [-0.1, -0.05) is 0 Å². The van der Waals surface area contributed by atoms with Gasteiger partial charge in [-0.25, -0.2) is 9.18 Å². The number of esters is 1. The van der Waals surface area contributed by atoms with E-state index in [0.717, 1.165) is 12.8 Å². The van der Waals surface area contributed by atoms with Crippen LogP contribution in [0.15, 0.2) is 24.3 Å². The summed E-state index contributed by atoms with van der Waals surface area (Å²) < 4.78 is 18.2. The monoisotopic (exact) mass is 386 g/mol. The lowest BCUT2D eigenvalue weighted by molar-refractivity contribution is 0.0519. The molecular weight excluding hydrogens is 363 g/mol. The summed E-state index contributed by atoms with van der Waals surface area (Å²) in [5.41, 5.74) is 2.09. The van der Waals surface area contributed by atoms with Gasteiger partial charge in [0.15, 0.2) is 5.78 Å². The first-order chi connectivity index (χ1) is 13.3. The number of amides is 1. The molecule has 0 spiro atoms. The second-order valence-corrected chi connectivity index (χ2v) is 6.94. The standard InChI is InChI=1S/C21H23FN2O4/c1-4-28-21(27)19-12(2)18(13(3)23-19)17(25)11-24(16-9-10-16)20(26)14-5-7-15(22)8-6-14/h5-8,16,23H,4,9-11H2,1-3H3. The molecule has 0 atom stereocenters. The number of nitrogens with one attached hydrogen (secondary N) is 1. The summed E-state index contributed by atoms with van der Waals surface area (Å²) in [4.78, 5) is 42.3. The van der Waals surface area contributed by atoms with Gasteiger partial charge in [0.1, 0.15) is 11.5 Å². The number of hydrogen-bond acceptors (Lipinski definition) is 4. The minimum Gasteiger partial charge on any atom is -0.461 e. The quantitative estimate of drug-likeness (QED) is 0.584. The number of aromatic nitrogens is 1. The molecule has 1 N–H and O–H groups in total. The first-order valence-corrected chi connectivity index (χ1v) is 9.29. The molecule has 0 aliphatic heterocycles. The van der Waals surface area contributed by atoms with Crippen LogP contribution < -0.4 is 0 Å². The number of benzene rings is 1. The maximum Gasteiger partial charge on any atom is 0.355 e. The van der Waals surface area contributed by atoms with Gasteiger partial charge in [0.25, 0.3) is 5.91 Å². The molecule has 3 rings (SSSR count). The Hall–Kier alpha value is -2.96. The van der Waals surface area contributed by atoms with Crippen LogP contribution >= 0.6 is 0 Å². The van der Waals surface area contributed by atoms with Crippen LogP contribution in [0.2, 0.25) is 0 Å². The van der Waals surface area contributed by atoms with Gasteiger partial charge in [0, 0.05) is 22.9 Å². The molecule has 6 nitrogen and oxygen atoms in total. The molecule has 0 bridgehead atoms. The Kier molecular flexibility index (Phi) is 5.63. The zero-order valence-corrected chi connectivity index (χ0v) is 16.2. The number of H-pyrrole nitrogens is 1. The molecule has 0 unspecified atom stereocenters. The van der Waals surface area contributed by atoms with E-state index in [1.165, 1.54) is 29.2 Å². The normalized spacial score (nSPS) is 13.3. The fourth-order valence-electron chi connectivity index (χ4n) is 3.32. The van der Waals surface area contributed by atoms with E-state index in [1.807, 2.05) is 0 Å². The highest BCUT2D eigenvalue weighted by molar-refractivity contribution is 6.06. The highest BCUT2D eigenvalue weighted by Crippen LogP contribution is 2.29. The summed E-state index contributed by atoms with van der Waals surface area (Å²) in [6.07, 6.45) is 1.67. The Morgan fingerprint density at radius 3 is 2.39 bits per heavy atom. The molecular formula is C21H23FN2O4. The summed E-state index contributed by atoms with van der Waals surface area (Å²) in [5, 5.41) is 0. The molecule has 7 heteroatoms. The number of ketones is 1. The lowest BCUT2D eigenvalue weighted by atomic mass is 10.0. The van der Waals surface area contributed by atoms with Gasteiger partial charge in [-0.2, -0.15) is 0 Å². The van der Waals surface area contributed by atoms with Crippen molar-refractivity contribution in [3.8, 4) is 0 Å². The molecule has 0 saturated heterocycles. The van der Waals surface area contributed by atoms with Gasteiger partial charge in [-0.15, -0.1) is 0 Å². The third-order valence-corrected chi connectivity index (χ3v) is 4.85. The molecule has 1 saturated carbocycles. The number of carbonyl (C=O) groups excluding carboxylic acids is 3. The van der Waals surface area contributed by atoms with E-state index < -0.39 is 11.8 Å². The summed E-state index contributed by atoms with van der Waals surface area (Å²) in [7, 11) is 0. The molecule has 1 aromatic heterocycles. The van der Waals surface area contributed by atoms with Crippen molar-refractivity contribution in [1.82, 2.24) is 9.88 Å². The topological polar surface area (TPSA) is 79.5 Å². The van der Waals surface area contributed by atoms with Gasteiger partial charge in [0.05, 0.1) is 13.2 Å². The number of halogens is 1. The molecule has 1 amide bonds. The van der Waals surface area contributed by atoms with E-state index in [2.05, 4.69) is 4.98 Å². The van der Waals surface area contributed by atoms with Gasteiger partial charge in [-0.3, -0.25) is 9.59 Å². The van der Waals surface area contributed by atoms with Gasteiger partial charge < -0.3 is 14.6 Å². The molecule has 1 aliphatic carbocycles. The van der Waals surface area contributed by atoms with Crippen LogP contribution in [0.4, 0.5) is 4.39 Å². The van der Waals surface area contributed by atoms with Gasteiger partial charge in [-0.05, 0) is 63.4 Å². The Morgan fingerprint density at radius 2 is 1.82 bits per heavy atom. The summed E-state index contributed by atoms with van der Waals surface area (Å²) in [5.74, 6) is -1.48. The van der Waals surface area contributed by atoms with Crippen LogP contribution in [-0.2, 0) is 4.74 Å². The zero-order chi connectivity index (χ0) is 20.4. The van der Waals surface area contributed by atoms with Crippen molar-refractivity contribution in [3.05, 3.63) is 58.2 Å². The van der Waals surface area contributed by atoms with Crippen molar-refractivity contribution in [1.29, 1.82) is 0 Å². The van der Waals surface area contributed by atoms with Crippen molar-refractivity contribution >= 4 is 17.7 Å². The zero-order valence-electron chi connectivity index (χ0n) is 16.2. The number of aryl methyl sites for hydroxylation is 1. The molecule has 148 valence electrons. The minimum absolute atomic E-state index is 0.00517. The lowest BCUT2D eigenvalue weighted by Crippen LogP contribution is -2.37. The number of rotatable bonds is 7. The molecule has 1 heterocycles. The smallest absolute Gasteiger partial charge is 0.355 e. The second kappa shape index (κ2) is 7.96. The summed E-state index contributed by atoms with van der Waals surface area (Å²) >= 11 is 0. The fraction of sp³-hybridized carbons (Fsp3) is 0.381. The van der Waals surface area contributed by atoms with Crippen LogP contribution in [0.1, 0.15) is 62.2 Å². The molecule has 1 fully saturated rings. The van der Waals surface area contributed by atoms with E-state index in [1.54, 1.807) is 20.8 Å². The second-order valence-electron chi connectivity index (χ2n) is 6.94. The SMILES string of the molecule is CCOC(=O)c1[nH]c(C)c(C(=O)CN(C(=O)c2ccc(F)cc2)C2CC2)c1C. The average Bonchev–Trinajstić information content (AvgIpc) is 3.45. The number of nitrogens with zero attached hydrogens (tertiary/aromatic N) is 1. The van der Waals surface area contributed by atoms with E-state index >= 15 is 0 Å². The number of carbonyl (C=O) groups is 3. The average molecular weight is 386 g/mol. The highest BCUT2D eigenvalue weighted by Gasteiger charge is 2.35. The first kappa shape index (κ1) is 19.8. The van der Waals surface area contributed by atoms with E-state index in [4.69, 9.17) is 4.74 Å². The van der Waals surface area contributed by atoms with E-state index in [9.17, 15) is 18.8 Å². The Balaban J connectivity index is 1.83.